The summed E-state index contributed by atoms with van der Waals surface area (Å²) in [6, 6.07) is 17.0. The minimum absolute atomic E-state index is 0.0584. The molecule has 1 heterocycles. The third kappa shape index (κ3) is 5.25. The monoisotopic (exact) mass is 381 g/mol. The zero-order valence-electron chi connectivity index (χ0n) is 16.4. The second kappa shape index (κ2) is 9.26. The predicted octanol–water partition coefficient (Wildman–Crippen LogP) is 2.23. The van der Waals surface area contributed by atoms with Gasteiger partial charge in [0.2, 0.25) is 5.91 Å². The summed E-state index contributed by atoms with van der Waals surface area (Å²) >= 11 is 0. The number of benzene rings is 2. The van der Waals surface area contributed by atoms with Crippen LogP contribution >= 0.6 is 0 Å². The smallest absolute Gasteiger partial charge is 0.258 e. The van der Waals surface area contributed by atoms with Crippen LogP contribution in [0.25, 0.3) is 0 Å². The number of hydrogen-bond acceptors (Lipinski definition) is 4. The Balaban J connectivity index is 1.44. The first-order valence-corrected chi connectivity index (χ1v) is 9.60. The highest BCUT2D eigenvalue weighted by Gasteiger charge is 2.26. The Hall–Kier alpha value is -3.02. The summed E-state index contributed by atoms with van der Waals surface area (Å²) in [6.45, 7) is 6.55. The average molecular weight is 381 g/mol. The summed E-state index contributed by atoms with van der Waals surface area (Å²) in [5, 5.41) is 2.73. The minimum Gasteiger partial charge on any atom is -0.484 e. The van der Waals surface area contributed by atoms with Crippen LogP contribution in [0.15, 0.2) is 54.6 Å². The molecule has 0 bridgehead atoms. The molecule has 0 aromatic heterocycles. The summed E-state index contributed by atoms with van der Waals surface area (Å²) in [6.07, 6.45) is 0. The van der Waals surface area contributed by atoms with Gasteiger partial charge in [-0.2, -0.15) is 0 Å². The number of ether oxygens (including phenoxy) is 1. The molecule has 0 unspecified atom stereocenters. The third-order valence-electron chi connectivity index (χ3n) is 4.82. The molecule has 2 amide bonds. The van der Waals surface area contributed by atoms with Crippen LogP contribution in [0.5, 0.6) is 5.75 Å². The van der Waals surface area contributed by atoms with Crippen molar-refractivity contribution in [3.8, 4) is 5.75 Å². The summed E-state index contributed by atoms with van der Waals surface area (Å²) in [7, 11) is 0. The molecule has 6 heteroatoms. The van der Waals surface area contributed by atoms with Crippen LogP contribution in [0.4, 0.5) is 5.69 Å². The SMILES string of the molecule is Cc1cccc(N2CCN(C(=O)[C@@H](C)NC(=O)COc3ccccc3)CC2)c1. The van der Waals surface area contributed by atoms with E-state index in [0.717, 1.165) is 13.1 Å². The standard InChI is InChI=1S/C22H27N3O3/c1-17-7-6-8-19(15-17)24-11-13-25(14-12-24)22(27)18(2)23-21(26)16-28-20-9-4-3-5-10-20/h3-10,15,18H,11-14,16H2,1-2H3,(H,23,26)/t18-/m1/s1. The van der Waals surface area contributed by atoms with Crippen LogP contribution in [0.3, 0.4) is 0 Å². The minimum atomic E-state index is -0.572. The Bertz CT molecular complexity index is 802. The van der Waals surface area contributed by atoms with E-state index in [-0.39, 0.29) is 18.4 Å². The maximum Gasteiger partial charge on any atom is 0.258 e. The number of carbonyl (C=O) groups is 2. The quantitative estimate of drug-likeness (QED) is 0.834. The molecular weight excluding hydrogens is 354 g/mol. The lowest BCUT2D eigenvalue weighted by molar-refractivity contribution is -0.136. The van der Waals surface area contributed by atoms with E-state index in [9.17, 15) is 9.59 Å². The first-order valence-electron chi connectivity index (χ1n) is 9.60. The summed E-state index contributed by atoms with van der Waals surface area (Å²) in [4.78, 5) is 28.8. The largest absolute Gasteiger partial charge is 0.484 e. The summed E-state index contributed by atoms with van der Waals surface area (Å²) in [5.74, 6) is 0.268. The fourth-order valence-corrected chi connectivity index (χ4v) is 3.29. The van der Waals surface area contributed by atoms with E-state index in [1.807, 2.05) is 23.1 Å². The molecule has 0 aliphatic carbocycles. The van der Waals surface area contributed by atoms with Crippen molar-refractivity contribution in [1.29, 1.82) is 0 Å². The lowest BCUT2D eigenvalue weighted by Gasteiger charge is -2.37. The van der Waals surface area contributed by atoms with Gasteiger partial charge in [0.25, 0.3) is 5.91 Å². The average Bonchev–Trinajstić information content (AvgIpc) is 2.72. The van der Waals surface area contributed by atoms with Crippen molar-refractivity contribution in [3.05, 3.63) is 60.2 Å². The molecule has 2 aromatic carbocycles. The van der Waals surface area contributed by atoms with E-state index in [1.54, 1.807) is 19.1 Å². The van der Waals surface area contributed by atoms with Gasteiger partial charge in [0, 0.05) is 31.9 Å². The number of carbonyl (C=O) groups excluding carboxylic acids is 2. The van der Waals surface area contributed by atoms with E-state index in [1.165, 1.54) is 11.3 Å². The van der Waals surface area contributed by atoms with Gasteiger partial charge in [-0.15, -0.1) is 0 Å². The van der Waals surface area contributed by atoms with Gasteiger partial charge < -0.3 is 19.9 Å². The lowest BCUT2D eigenvalue weighted by atomic mass is 10.2. The van der Waals surface area contributed by atoms with Gasteiger partial charge >= 0.3 is 0 Å². The number of hydrogen-bond donors (Lipinski definition) is 1. The Labute approximate surface area is 166 Å². The van der Waals surface area contributed by atoms with Crippen LogP contribution in [0.1, 0.15) is 12.5 Å². The molecule has 2 aromatic rings. The molecule has 28 heavy (non-hydrogen) atoms. The molecule has 0 spiro atoms. The van der Waals surface area contributed by atoms with Crippen molar-refractivity contribution in [2.45, 2.75) is 19.9 Å². The molecule has 6 nitrogen and oxygen atoms in total. The number of anilines is 1. The third-order valence-corrected chi connectivity index (χ3v) is 4.82. The van der Waals surface area contributed by atoms with Crippen molar-refractivity contribution in [3.63, 3.8) is 0 Å². The first-order chi connectivity index (χ1) is 13.5. The van der Waals surface area contributed by atoms with Gasteiger partial charge in [0.15, 0.2) is 6.61 Å². The summed E-state index contributed by atoms with van der Waals surface area (Å²) < 4.78 is 5.42. The van der Waals surface area contributed by atoms with E-state index in [0.29, 0.717) is 18.8 Å². The van der Waals surface area contributed by atoms with Crippen LogP contribution in [-0.2, 0) is 9.59 Å². The normalized spacial score (nSPS) is 15.1. The molecule has 3 rings (SSSR count). The second-order valence-corrected chi connectivity index (χ2v) is 7.04. The fourth-order valence-electron chi connectivity index (χ4n) is 3.29. The maximum absolute atomic E-state index is 12.7. The first kappa shape index (κ1) is 19.7. The molecule has 1 atom stereocenters. The number of aryl methyl sites for hydroxylation is 1. The van der Waals surface area contributed by atoms with Crippen molar-refractivity contribution in [1.82, 2.24) is 10.2 Å². The molecule has 0 radical (unpaired) electrons. The second-order valence-electron chi connectivity index (χ2n) is 7.04. The molecule has 148 valence electrons. The predicted molar refractivity (Wildman–Crippen MR) is 110 cm³/mol. The highest BCUT2D eigenvalue weighted by molar-refractivity contribution is 5.88. The Morgan fingerprint density at radius 1 is 1.04 bits per heavy atom. The van der Waals surface area contributed by atoms with Gasteiger partial charge in [-0.1, -0.05) is 30.3 Å². The van der Waals surface area contributed by atoms with Crippen molar-refractivity contribution >= 4 is 17.5 Å². The van der Waals surface area contributed by atoms with Crippen molar-refractivity contribution in [2.75, 3.05) is 37.7 Å². The number of nitrogens with one attached hydrogen (secondary N) is 1. The van der Waals surface area contributed by atoms with Crippen LogP contribution < -0.4 is 15.0 Å². The number of piperazine rings is 1. The van der Waals surface area contributed by atoms with Crippen LogP contribution in [0.2, 0.25) is 0 Å². The molecule has 1 aliphatic heterocycles. The zero-order chi connectivity index (χ0) is 19.9. The van der Waals surface area contributed by atoms with Gasteiger partial charge in [-0.3, -0.25) is 9.59 Å². The van der Waals surface area contributed by atoms with Crippen molar-refractivity contribution < 1.29 is 14.3 Å². The van der Waals surface area contributed by atoms with E-state index < -0.39 is 6.04 Å². The van der Waals surface area contributed by atoms with Crippen LogP contribution in [-0.4, -0.2) is 55.5 Å². The zero-order valence-corrected chi connectivity index (χ0v) is 16.4. The maximum atomic E-state index is 12.7. The fraction of sp³-hybridized carbons (Fsp3) is 0.364. The van der Waals surface area contributed by atoms with Gasteiger partial charge in [0.05, 0.1) is 0 Å². The van der Waals surface area contributed by atoms with Crippen LogP contribution in [0, 0.1) is 6.92 Å². The molecule has 1 fully saturated rings. The molecule has 1 aliphatic rings. The number of nitrogens with zero attached hydrogens (tertiary/aromatic N) is 2. The van der Waals surface area contributed by atoms with E-state index in [4.69, 9.17) is 4.74 Å². The number of amides is 2. The number of para-hydroxylation sites is 1. The Morgan fingerprint density at radius 3 is 2.43 bits per heavy atom. The number of rotatable bonds is 6. The highest BCUT2D eigenvalue weighted by atomic mass is 16.5. The molecule has 0 saturated carbocycles. The van der Waals surface area contributed by atoms with Gasteiger partial charge in [-0.25, -0.2) is 0 Å². The van der Waals surface area contributed by atoms with E-state index >= 15 is 0 Å². The van der Waals surface area contributed by atoms with Gasteiger partial charge in [-0.05, 0) is 43.7 Å². The van der Waals surface area contributed by atoms with E-state index in [2.05, 4.69) is 41.4 Å². The highest BCUT2D eigenvalue weighted by Crippen LogP contribution is 2.18. The molecule has 1 N–H and O–H groups in total. The molecular formula is C22H27N3O3. The Morgan fingerprint density at radius 2 is 1.75 bits per heavy atom. The lowest BCUT2D eigenvalue weighted by Crippen LogP contribution is -2.54. The molecule has 1 saturated heterocycles. The topological polar surface area (TPSA) is 61.9 Å². The van der Waals surface area contributed by atoms with Gasteiger partial charge in [0.1, 0.15) is 11.8 Å². The van der Waals surface area contributed by atoms with Crippen molar-refractivity contribution in [2.24, 2.45) is 0 Å². The Kier molecular flexibility index (Phi) is 6.53. The summed E-state index contributed by atoms with van der Waals surface area (Å²) in [5.41, 5.74) is 2.41.